The number of piperidine rings is 1. The normalized spacial score (nSPS) is 19.1. The highest BCUT2D eigenvalue weighted by Gasteiger charge is 2.24. The quantitative estimate of drug-likeness (QED) is 0.849. The summed E-state index contributed by atoms with van der Waals surface area (Å²) in [7, 11) is 1.36. The Labute approximate surface area is 114 Å². The molecule has 2 rings (SSSR count). The number of halogens is 1. The molecule has 1 aliphatic heterocycles. The minimum absolute atomic E-state index is 0.0222. The molecule has 1 unspecified atom stereocenters. The molecular weight excluding hydrogens is 272 g/mol. The number of H-pyrrole nitrogens is 1. The minimum Gasteiger partial charge on any atom is -0.453 e. The molecule has 0 radical (unpaired) electrons. The average molecular weight is 287 g/mol. The van der Waals surface area contributed by atoms with E-state index in [2.05, 4.69) is 15.5 Å². The molecule has 1 amide bonds. The van der Waals surface area contributed by atoms with Gasteiger partial charge in [-0.2, -0.15) is 5.10 Å². The summed E-state index contributed by atoms with van der Waals surface area (Å²) in [4.78, 5) is 24.4. The molecule has 7 nitrogen and oxygen atoms in total. The molecular formula is C11H15ClN4O3. The molecule has 2 N–H and O–H groups in total. The predicted molar refractivity (Wildman–Crippen MR) is 70.5 cm³/mol. The maximum Gasteiger partial charge on any atom is 0.409 e. The third kappa shape index (κ3) is 3.17. The summed E-state index contributed by atoms with van der Waals surface area (Å²) in [5.74, 6) is 0. The molecule has 0 aromatic carbocycles. The lowest BCUT2D eigenvalue weighted by Gasteiger charge is -2.32. The van der Waals surface area contributed by atoms with E-state index < -0.39 is 5.56 Å². The first-order valence-electron chi connectivity index (χ1n) is 5.94. The Bertz CT molecular complexity index is 519. The summed E-state index contributed by atoms with van der Waals surface area (Å²) in [5.41, 5.74) is 0.0365. The number of carbonyl (C=O) groups is 1. The van der Waals surface area contributed by atoms with Crippen molar-refractivity contribution < 1.29 is 9.53 Å². The predicted octanol–water partition coefficient (Wildman–Crippen LogP) is 1.07. The van der Waals surface area contributed by atoms with Crippen molar-refractivity contribution in [3.8, 4) is 0 Å². The Morgan fingerprint density at radius 1 is 1.68 bits per heavy atom. The zero-order valence-corrected chi connectivity index (χ0v) is 11.2. The number of rotatable bonds is 2. The van der Waals surface area contributed by atoms with E-state index in [9.17, 15) is 9.59 Å². The molecule has 0 spiro atoms. The lowest BCUT2D eigenvalue weighted by molar-refractivity contribution is 0.113. The molecule has 8 heteroatoms. The first-order chi connectivity index (χ1) is 9.11. The number of ether oxygens (including phenoxy) is 1. The maximum atomic E-state index is 11.5. The van der Waals surface area contributed by atoms with Crippen LogP contribution in [0.5, 0.6) is 0 Å². The van der Waals surface area contributed by atoms with Crippen molar-refractivity contribution in [2.24, 2.45) is 0 Å². The molecule has 1 fully saturated rings. The fraction of sp³-hybridized carbons (Fsp3) is 0.545. The van der Waals surface area contributed by atoms with E-state index in [0.29, 0.717) is 18.8 Å². The second kappa shape index (κ2) is 5.92. The molecule has 1 aromatic rings. The summed E-state index contributed by atoms with van der Waals surface area (Å²) in [5, 5.41) is 9.15. The first kappa shape index (κ1) is 13.7. The van der Waals surface area contributed by atoms with Crippen molar-refractivity contribution >= 4 is 23.4 Å². The van der Waals surface area contributed by atoms with Gasteiger partial charge in [0.25, 0.3) is 5.56 Å². The van der Waals surface area contributed by atoms with Gasteiger partial charge in [-0.05, 0) is 12.8 Å². The second-order valence-corrected chi connectivity index (χ2v) is 4.70. The monoisotopic (exact) mass is 286 g/mol. The van der Waals surface area contributed by atoms with Crippen molar-refractivity contribution in [1.82, 2.24) is 15.1 Å². The Hall–Kier alpha value is -1.76. The standard InChI is InChI=1S/C11H15ClN4O3/c1-19-11(18)16-4-2-3-7(6-16)14-8-5-13-15-10(17)9(8)12/h5,7H,2-4,6H2,1H3,(H2,14,15,17). The highest BCUT2D eigenvalue weighted by atomic mass is 35.5. The minimum atomic E-state index is -0.438. The van der Waals surface area contributed by atoms with Gasteiger partial charge in [0, 0.05) is 19.1 Å². The first-order valence-corrected chi connectivity index (χ1v) is 6.32. The SMILES string of the molecule is COC(=O)N1CCCC(Nc2cn[nH]c(=O)c2Cl)C1. The van der Waals surface area contributed by atoms with Crippen LogP contribution in [0.4, 0.5) is 10.5 Å². The van der Waals surface area contributed by atoms with E-state index in [1.165, 1.54) is 13.3 Å². The second-order valence-electron chi connectivity index (χ2n) is 4.33. The number of hydrogen-bond donors (Lipinski definition) is 2. The smallest absolute Gasteiger partial charge is 0.409 e. The third-order valence-corrected chi connectivity index (χ3v) is 3.38. The summed E-state index contributed by atoms with van der Waals surface area (Å²) in [6.07, 6.45) is 2.86. The Kier molecular flexibility index (Phi) is 4.26. The molecule has 0 bridgehead atoms. The van der Waals surface area contributed by atoms with E-state index in [4.69, 9.17) is 16.3 Å². The third-order valence-electron chi connectivity index (χ3n) is 3.01. The van der Waals surface area contributed by atoms with E-state index in [1.54, 1.807) is 4.90 Å². The van der Waals surface area contributed by atoms with Gasteiger partial charge in [0.2, 0.25) is 0 Å². The van der Waals surface area contributed by atoms with E-state index in [-0.39, 0.29) is 17.2 Å². The van der Waals surface area contributed by atoms with Crippen LogP contribution < -0.4 is 10.9 Å². The van der Waals surface area contributed by atoms with Gasteiger partial charge in [0.15, 0.2) is 0 Å². The van der Waals surface area contributed by atoms with Gasteiger partial charge in [-0.25, -0.2) is 9.89 Å². The lowest BCUT2D eigenvalue weighted by Crippen LogP contribution is -2.45. The van der Waals surface area contributed by atoms with Gasteiger partial charge in [-0.1, -0.05) is 11.6 Å². The van der Waals surface area contributed by atoms with Crippen LogP contribution in [-0.2, 0) is 4.74 Å². The summed E-state index contributed by atoms with van der Waals surface area (Å²) >= 11 is 5.89. The Morgan fingerprint density at radius 2 is 2.47 bits per heavy atom. The number of carbonyl (C=O) groups excluding carboxylic acids is 1. The molecule has 1 atom stereocenters. The molecule has 104 valence electrons. The fourth-order valence-corrected chi connectivity index (χ4v) is 2.24. The molecule has 1 saturated heterocycles. The maximum absolute atomic E-state index is 11.5. The van der Waals surface area contributed by atoms with Crippen LogP contribution in [0, 0.1) is 0 Å². The van der Waals surface area contributed by atoms with Crippen molar-refractivity contribution in [1.29, 1.82) is 0 Å². The number of methoxy groups -OCH3 is 1. The van der Waals surface area contributed by atoms with Crippen molar-refractivity contribution in [3.63, 3.8) is 0 Å². The van der Waals surface area contributed by atoms with Crippen molar-refractivity contribution in [2.45, 2.75) is 18.9 Å². The molecule has 0 aliphatic carbocycles. The highest BCUT2D eigenvalue weighted by Crippen LogP contribution is 2.20. The van der Waals surface area contributed by atoms with Crippen LogP contribution in [0.15, 0.2) is 11.0 Å². The molecule has 19 heavy (non-hydrogen) atoms. The van der Waals surface area contributed by atoms with Gasteiger partial charge < -0.3 is 15.0 Å². The van der Waals surface area contributed by atoms with Crippen LogP contribution in [-0.4, -0.2) is 47.4 Å². The average Bonchev–Trinajstić information content (AvgIpc) is 2.43. The summed E-state index contributed by atoms with van der Waals surface area (Å²) in [6.45, 7) is 1.18. The van der Waals surface area contributed by atoms with Gasteiger partial charge in [-0.15, -0.1) is 0 Å². The van der Waals surface area contributed by atoms with Crippen molar-refractivity contribution in [3.05, 3.63) is 21.6 Å². The zero-order chi connectivity index (χ0) is 13.8. The van der Waals surface area contributed by atoms with E-state index in [0.717, 1.165) is 12.8 Å². The van der Waals surface area contributed by atoms with Crippen LogP contribution in [0.25, 0.3) is 0 Å². The van der Waals surface area contributed by atoms with Gasteiger partial charge in [0.05, 0.1) is 19.0 Å². The number of anilines is 1. The molecule has 2 heterocycles. The van der Waals surface area contributed by atoms with Gasteiger partial charge >= 0.3 is 6.09 Å². The largest absolute Gasteiger partial charge is 0.453 e. The van der Waals surface area contributed by atoms with E-state index >= 15 is 0 Å². The molecule has 0 saturated carbocycles. The Morgan fingerprint density at radius 3 is 3.21 bits per heavy atom. The summed E-state index contributed by atoms with van der Waals surface area (Å²) < 4.78 is 4.70. The zero-order valence-electron chi connectivity index (χ0n) is 10.5. The van der Waals surface area contributed by atoms with Crippen molar-refractivity contribution in [2.75, 3.05) is 25.5 Å². The number of likely N-dealkylation sites (tertiary alicyclic amines) is 1. The number of hydrogen-bond acceptors (Lipinski definition) is 5. The number of nitrogens with one attached hydrogen (secondary N) is 2. The van der Waals surface area contributed by atoms with Crippen LogP contribution in [0.2, 0.25) is 5.02 Å². The topological polar surface area (TPSA) is 87.3 Å². The van der Waals surface area contributed by atoms with E-state index in [1.807, 2.05) is 0 Å². The fourth-order valence-electron chi connectivity index (χ4n) is 2.09. The van der Waals surface area contributed by atoms with Crippen LogP contribution in [0.1, 0.15) is 12.8 Å². The number of amides is 1. The summed E-state index contributed by atoms with van der Waals surface area (Å²) in [6, 6.07) is 0.0222. The van der Waals surface area contributed by atoms with Gasteiger partial charge in [-0.3, -0.25) is 4.79 Å². The van der Waals surface area contributed by atoms with Gasteiger partial charge in [0.1, 0.15) is 5.02 Å². The van der Waals surface area contributed by atoms with Crippen LogP contribution >= 0.6 is 11.6 Å². The Balaban J connectivity index is 2.05. The number of aromatic nitrogens is 2. The molecule has 1 aromatic heterocycles. The lowest BCUT2D eigenvalue weighted by atomic mass is 10.1. The highest BCUT2D eigenvalue weighted by molar-refractivity contribution is 6.32. The van der Waals surface area contributed by atoms with Crippen LogP contribution in [0.3, 0.4) is 0 Å². The molecule has 1 aliphatic rings. The number of aromatic amines is 1. The number of nitrogens with zero attached hydrogens (tertiary/aromatic N) is 2.